The number of hydrogen-bond acceptors (Lipinski definition) is 6. The van der Waals surface area contributed by atoms with Gasteiger partial charge in [-0.15, -0.1) is 0 Å². The molecule has 0 amide bonds. The largest absolute Gasteiger partial charge is 0.469 e. The van der Waals surface area contributed by atoms with E-state index in [-0.39, 0.29) is 53.2 Å². The van der Waals surface area contributed by atoms with Crippen molar-refractivity contribution in [1.82, 2.24) is 0 Å². The van der Waals surface area contributed by atoms with Gasteiger partial charge in [0.25, 0.3) is 0 Å². The molecule has 1 saturated heterocycles. The number of fused-ring (bicyclic) bond motifs is 1. The van der Waals surface area contributed by atoms with Gasteiger partial charge in [-0.2, -0.15) is 0 Å². The normalized spacial score (nSPS) is 47.3. The Balaban J connectivity index is 1.65. The first-order valence-corrected chi connectivity index (χ1v) is 19.8. The van der Waals surface area contributed by atoms with Crippen LogP contribution in [0.25, 0.3) is 0 Å². The molecule has 4 aliphatic carbocycles. The van der Waals surface area contributed by atoms with Gasteiger partial charge in [-0.25, -0.2) is 0 Å². The average Bonchev–Trinajstić information content (AvgIpc) is 3.18. The van der Waals surface area contributed by atoms with Crippen LogP contribution in [-0.2, 0) is 27.9 Å². The predicted molar refractivity (Wildman–Crippen MR) is 134 cm³/mol. The van der Waals surface area contributed by atoms with Crippen molar-refractivity contribution in [3.63, 3.8) is 0 Å². The third-order valence-corrected chi connectivity index (χ3v) is 11.7. The first-order chi connectivity index (χ1) is 15.6. The molecule has 4 bridgehead atoms. The second kappa shape index (κ2) is 7.29. The molecule has 0 N–H and O–H groups in total. The fourth-order valence-corrected chi connectivity index (χ4v) is 11.3. The summed E-state index contributed by atoms with van der Waals surface area (Å²) in [5.41, 5.74) is -0.593. The zero-order valence-electron chi connectivity index (χ0n) is 22.2. The van der Waals surface area contributed by atoms with E-state index in [1.54, 1.807) is 0 Å². The molecule has 0 aromatic heterocycles. The van der Waals surface area contributed by atoms with Gasteiger partial charge in [-0.05, 0) is 83.7 Å². The van der Waals surface area contributed by atoms with Crippen LogP contribution in [0, 0.1) is 34.5 Å². The first kappa shape index (κ1) is 24.7. The Labute approximate surface area is 206 Å². The van der Waals surface area contributed by atoms with Crippen molar-refractivity contribution < 1.29 is 27.9 Å². The van der Waals surface area contributed by atoms with E-state index in [9.17, 15) is 9.59 Å². The summed E-state index contributed by atoms with van der Waals surface area (Å²) in [5.74, 6) is -0.692. The van der Waals surface area contributed by atoms with E-state index in [0.29, 0.717) is 0 Å². The third-order valence-electron chi connectivity index (χ3n) is 9.65. The summed E-state index contributed by atoms with van der Waals surface area (Å²) < 4.78 is 25.3. The number of carbonyl (C=O) groups is 2. The molecule has 1 heterocycles. The quantitative estimate of drug-likeness (QED) is 0.300. The molecule has 5 rings (SSSR count). The molecule has 5 aliphatic rings. The van der Waals surface area contributed by atoms with Crippen LogP contribution in [0.2, 0.25) is 39.3 Å². The molecule has 0 aromatic rings. The summed E-state index contributed by atoms with van der Waals surface area (Å²) in [6, 6.07) is 0. The summed E-state index contributed by atoms with van der Waals surface area (Å²) in [6.07, 6.45) is 3.85. The summed E-state index contributed by atoms with van der Waals surface area (Å²) in [5, 5.41) is 0. The number of methoxy groups -OCH3 is 1. The molecule has 1 spiro atoms. The molecule has 8 heteroatoms. The van der Waals surface area contributed by atoms with Crippen LogP contribution in [0.3, 0.4) is 0 Å². The fourth-order valence-electron chi connectivity index (χ4n) is 8.90. The lowest BCUT2D eigenvalue weighted by Crippen LogP contribution is -2.56. The van der Waals surface area contributed by atoms with Gasteiger partial charge >= 0.3 is 11.9 Å². The third kappa shape index (κ3) is 3.17. The zero-order chi connectivity index (χ0) is 25.1. The predicted octanol–water partition coefficient (Wildman–Crippen LogP) is 4.91. The van der Waals surface area contributed by atoms with Gasteiger partial charge < -0.3 is 18.3 Å². The number of esters is 2. The SMILES string of the molecule is C=C1C[C@]23C[C@H]1[C@@H](O[Si](C)(C)C)CC2[C@@]12CC[C@H](O[Si](C)(C)C)C(C)(C(=O)O1)C2C3C(=O)OC. The van der Waals surface area contributed by atoms with Crippen molar-refractivity contribution in [2.24, 2.45) is 34.5 Å². The summed E-state index contributed by atoms with van der Waals surface area (Å²) >= 11 is 0. The van der Waals surface area contributed by atoms with Crippen LogP contribution in [0.5, 0.6) is 0 Å². The monoisotopic (exact) mass is 506 g/mol. The molecule has 0 radical (unpaired) electrons. The van der Waals surface area contributed by atoms with E-state index in [0.717, 1.165) is 32.1 Å². The van der Waals surface area contributed by atoms with E-state index in [4.69, 9.17) is 18.3 Å². The minimum absolute atomic E-state index is 0.0737. The minimum atomic E-state index is -1.92. The van der Waals surface area contributed by atoms with Crippen LogP contribution in [0.1, 0.15) is 39.0 Å². The van der Waals surface area contributed by atoms with E-state index in [1.807, 2.05) is 6.92 Å². The van der Waals surface area contributed by atoms with Crippen molar-refractivity contribution >= 4 is 28.6 Å². The lowest BCUT2D eigenvalue weighted by atomic mass is 9.59. The Bertz CT molecular complexity index is 937. The van der Waals surface area contributed by atoms with E-state index in [2.05, 4.69) is 45.9 Å². The highest BCUT2D eigenvalue weighted by Crippen LogP contribution is 2.78. The van der Waals surface area contributed by atoms with E-state index in [1.165, 1.54) is 12.7 Å². The van der Waals surface area contributed by atoms with Crippen LogP contribution >= 0.6 is 0 Å². The van der Waals surface area contributed by atoms with Gasteiger partial charge in [0, 0.05) is 17.8 Å². The topological polar surface area (TPSA) is 71.1 Å². The summed E-state index contributed by atoms with van der Waals surface area (Å²) in [6.45, 7) is 19.7. The Kier molecular flexibility index (Phi) is 5.30. The van der Waals surface area contributed by atoms with Crippen molar-refractivity contribution in [2.75, 3.05) is 7.11 Å². The number of carbonyl (C=O) groups excluding carboxylic acids is 2. The maximum absolute atomic E-state index is 13.7. The molecule has 4 unspecified atom stereocenters. The fraction of sp³-hybridized carbons (Fsp3) is 0.846. The van der Waals surface area contributed by atoms with E-state index < -0.39 is 27.7 Å². The molecule has 9 atom stereocenters. The summed E-state index contributed by atoms with van der Waals surface area (Å²) in [7, 11) is -2.24. The molecule has 1 aliphatic heterocycles. The first-order valence-electron chi connectivity index (χ1n) is 12.9. The Morgan fingerprint density at radius 2 is 1.76 bits per heavy atom. The van der Waals surface area contributed by atoms with Crippen molar-refractivity contribution in [1.29, 1.82) is 0 Å². The Morgan fingerprint density at radius 1 is 1.12 bits per heavy atom. The average molecular weight is 507 g/mol. The van der Waals surface area contributed by atoms with Gasteiger partial charge in [0.1, 0.15) is 5.60 Å². The van der Waals surface area contributed by atoms with Gasteiger partial charge in [0.05, 0.1) is 30.7 Å². The number of hydrogen-bond donors (Lipinski definition) is 0. The second-order valence-electron chi connectivity index (χ2n) is 13.8. The highest BCUT2D eigenvalue weighted by molar-refractivity contribution is 6.70. The number of rotatable bonds is 5. The molecular formula is C26H42O6Si2. The molecule has 5 fully saturated rings. The molecule has 4 saturated carbocycles. The standard InChI is InChI=1S/C26H42O6Si2/c1-15-13-25-14-16(15)17(31-33(4,5)6)12-18(25)26-11-10-19(32-34(7,8)9)24(2,23(28)30-26)21(26)20(25)22(27)29-3/h16-21H,1,10-14H2,2-9H3/t16-,17+,18?,19+,20?,21?,24?,25+,26-/m1/s1. The maximum atomic E-state index is 13.7. The van der Waals surface area contributed by atoms with Crippen molar-refractivity contribution in [2.45, 2.75) is 96.1 Å². The molecule has 34 heavy (non-hydrogen) atoms. The smallest absolute Gasteiger partial charge is 0.315 e. The zero-order valence-corrected chi connectivity index (χ0v) is 24.2. The molecule has 6 nitrogen and oxygen atoms in total. The summed E-state index contributed by atoms with van der Waals surface area (Å²) in [4.78, 5) is 27.3. The lowest BCUT2D eigenvalue weighted by Gasteiger charge is -2.48. The Morgan fingerprint density at radius 3 is 2.35 bits per heavy atom. The molecule has 0 aromatic carbocycles. The van der Waals surface area contributed by atoms with Gasteiger partial charge in [0.2, 0.25) is 0 Å². The van der Waals surface area contributed by atoms with Gasteiger partial charge in [-0.1, -0.05) is 12.2 Å². The van der Waals surface area contributed by atoms with Crippen LogP contribution in [0.15, 0.2) is 12.2 Å². The highest BCUT2D eigenvalue weighted by atomic mass is 28.4. The van der Waals surface area contributed by atoms with E-state index >= 15 is 0 Å². The van der Waals surface area contributed by atoms with Gasteiger partial charge in [-0.3, -0.25) is 9.59 Å². The minimum Gasteiger partial charge on any atom is -0.469 e. The van der Waals surface area contributed by atoms with Crippen molar-refractivity contribution in [3.8, 4) is 0 Å². The Hall–Kier alpha value is -0.966. The lowest BCUT2D eigenvalue weighted by molar-refractivity contribution is -0.165. The molecule has 190 valence electrons. The maximum Gasteiger partial charge on any atom is 0.315 e. The second-order valence-corrected chi connectivity index (χ2v) is 22.7. The van der Waals surface area contributed by atoms with Crippen LogP contribution < -0.4 is 0 Å². The van der Waals surface area contributed by atoms with Gasteiger partial charge in [0.15, 0.2) is 16.6 Å². The van der Waals surface area contributed by atoms with Crippen molar-refractivity contribution in [3.05, 3.63) is 12.2 Å². The highest BCUT2D eigenvalue weighted by Gasteiger charge is 2.84. The van der Waals surface area contributed by atoms with Crippen LogP contribution in [0.4, 0.5) is 0 Å². The molecular weight excluding hydrogens is 464 g/mol. The number of ether oxygens (including phenoxy) is 2. The van der Waals surface area contributed by atoms with Crippen LogP contribution in [-0.4, -0.2) is 53.5 Å².